The van der Waals surface area contributed by atoms with E-state index in [9.17, 15) is 0 Å². The molecule has 1 aliphatic heterocycles. The zero-order chi connectivity index (χ0) is 12.3. The monoisotopic (exact) mass is 238 g/mol. The summed E-state index contributed by atoms with van der Waals surface area (Å²) < 4.78 is 12.5. The minimum Gasteiger partial charge on any atom is -0.344 e. The van der Waals surface area contributed by atoms with E-state index in [1.54, 1.807) is 0 Å². The third kappa shape index (κ3) is 1.34. The van der Waals surface area contributed by atoms with E-state index in [1.165, 1.54) is 32.1 Å². The highest BCUT2D eigenvalue weighted by Gasteiger charge is 2.79. The smallest absolute Gasteiger partial charge is 0.175 e. The summed E-state index contributed by atoms with van der Waals surface area (Å²) >= 11 is 0. The fourth-order valence-electron chi connectivity index (χ4n) is 4.42. The minimum atomic E-state index is -0.237. The Bertz CT molecular complexity index is 313. The molecular formula is C15H26O2. The average Bonchev–Trinajstić information content (AvgIpc) is 2.70. The minimum absolute atomic E-state index is 0.237. The van der Waals surface area contributed by atoms with Crippen molar-refractivity contribution in [2.24, 2.45) is 10.8 Å². The highest BCUT2D eigenvalue weighted by atomic mass is 16.8. The molecule has 2 aliphatic carbocycles. The van der Waals surface area contributed by atoms with Crippen LogP contribution < -0.4 is 0 Å². The van der Waals surface area contributed by atoms with Gasteiger partial charge in [0.1, 0.15) is 0 Å². The largest absolute Gasteiger partial charge is 0.344 e. The predicted molar refractivity (Wildman–Crippen MR) is 67.7 cm³/mol. The molecule has 0 radical (unpaired) electrons. The number of ether oxygens (including phenoxy) is 2. The molecule has 2 heteroatoms. The summed E-state index contributed by atoms with van der Waals surface area (Å²) in [5.41, 5.74) is 0.848. The van der Waals surface area contributed by atoms with Crippen LogP contribution in [0.15, 0.2) is 0 Å². The zero-order valence-corrected chi connectivity index (χ0v) is 11.7. The Balaban J connectivity index is 1.79. The highest BCUT2D eigenvalue weighted by Crippen LogP contribution is 2.80. The second kappa shape index (κ2) is 3.48. The molecule has 2 unspecified atom stereocenters. The first-order valence-corrected chi connectivity index (χ1v) is 7.34. The lowest BCUT2D eigenvalue weighted by atomic mass is 9.90. The Hall–Kier alpha value is -0.0800. The van der Waals surface area contributed by atoms with E-state index >= 15 is 0 Å². The predicted octanol–water partition coefficient (Wildman–Crippen LogP) is 3.89. The molecule has 1 spiro atoms. The van der Waals surface area contributed by atoms with Crippen LogP contribution in [0, 0.1) is 10.8 Å². The van der Waals surface area contributed by atoms with Crippen LogP contribution in [0.25, 0.3) is 0 Å². The molecule has 2 saturated carbocycles. The lowest BCUT2D eigenvalue weighted by Crippen LogP contribution is -2.38. The van der Waals surface area contributed by atoms with Crippen LogP contribution in [-0.2, 0) is 9.47 Å². The maximum Gasteiger partial charge on any atom is 0.175 e. The van der Waals surface area contributed by atoms with Gasteiger partial charge in [0.2, 0.25) is 0 Å². The van der Waals surface area contributed by atoms with Gasteiger partial charge in [-0.2, -0.15) is 0 Å². The number of hydrogen-bond donors (Lipinski definition) is 0. The summed E-state index contributed by atoms with van der Waals surface area (Å²) in [5, 5.41) is 0. The molecule has 17 heavy (non-hydrogen) atoms. The lowest BCUT2D eigenvalue weighted by molar-refractivity contribution is -0.210. The Morgan fingerprint density at radius 3 is 2.29 bits per heavy atom. The molecule has 0 bridgehead atoms. The Morgan fingerprint density at radius 1 is 1.12 bits per heavy atom. The van der Waals surface area contributed by atoms with Gasteiger partial charge in [0, 0.05) is 11.8 Å². The van der Waals surface area contributed by atoms with Crippen LogP contribution in [0.5, 0.6) is 0 Å². The van der Waals surface area contributed by atoms with Crippen LogP contribution in [0.3, 0.4) is 0 Å². The number of unbranched alkanes of at least 4 members (excludes halogenated alkanes) is 1. The van der Waals surface area contributed by atoms with Gasteiger partial charge in [-0.25, -0.2) is 0 Å². The molecule has 1 heterocycles. The van der Waals surface area contributed by atoms with Crippen LogP contribution >= 0.6 is 0 Å². The van der Waals surface area contributed by atoms with Gasteiger partial charge < -0.3 is 9.47 Å². The van der Waals surface area contributed by atoms with Crippen molar-refractivity contribution < 1.29 is 9.47 Å². The van der Waals surface area contributed by atoms with E-state index in [0.29, 0.717) is 10.8 Å². The third-order valence-electron chi connectivity index (χ3n) is 5.93. The van der Waals surface area contributed by atoms with Gasteiger partial charge in [-0.15, -0.1) is 0 Å². The Morgan fingerprint density at radius 2 is 1.76 bits per heavy atom. The summed E-state index contributed by atoms with van der Waals surface area (Å²) in [4.78, 5) is 0. The quantitative estimate of drug-likeness (QED) is 0.742. The van der Waals surface area contributed by atoms with E-state index < -0.39 is 0 Å². The van der Waals surface area contributed by atoms with Crippen molar-refractivity contribution in [2.75, 3.05) is 0 Å². The van der Waals surface area contributed by atoms with Gasteiger partial charge in [-0.1, -0.05) is 26.7 Å². The molecule has 3 rings (SSSR count). The number of hydrogen-bond acceptors (Lipinski definition) is 2. The van der Waals surface area contributed by atoms with Gasteiger partial charge >= 0.3 is 0 Å². The van der Waals surface area contributed by atoms with Crippen LogP contribution in [0.1, 0.15) is 66.2 Å². The first-order chi connectivity index (χ1) is 7.99. The van der Waals surface area contributed by atoms with Crippen molar-refractivity contribution in [1.29, 1.82) is 0 Å². The molecule has 0 aromatic carbocycles. The van der Waals surface area contributed by atoms with E-state index in [4.69, 9.17) is 9.47 Å². The van der Waals surface area contributed by atoms with E-state index in [-0.39, 0.29) is 18.0 Å². The molecule has 3 fully saturated rings. The fourth-order valence-corrected chi connectivity index (χ4v) is 4.42. The Kier molecular flexibility index (Phi) is 2.45. The molecule has 2 nitrogen and oxygen atoms in total. The summed E-state index contributed by atoms with van der Waals surface area (Å²) in [5.74, 6) is -0.237. The van der Waals surface area contributed by atoms with Gasteiger partial charge in [0.25, 0.3) is 0 Å². The molecule has 4 atom stereocenters. The zero-order valence-electron chi connectivity index (χ0n) is 11.7. The molecule has 98 valence electrons. The third-order valence-corrected chi connectivity index (χ3v) is 5.93. The van der Waals surface area contributed by atoms with Crippen LogP contribution in [0.4, 0.5) is 0 Å². The summed E-state index contributed by atoms with van der Waals surface area (Å²) in [7, 11) is 0. The lowest BCUT2D eigenvalue weighted by Gasteiger charge is -2.31. The standard InChI is InChI=1S/C15H26O2/c1-5-6-7-14-8-9-15(13(14,4)10-14)16-11(2)12(3)17-15/h11-12H,5-10H2,1-4H3/t11-,12-,13?,14?/m0/s1. The van der Waals surface area contributed by atoms with E-state index in [2.05, 4.69) is 27.7 Å². The molecule has 0 amide bonds. The maximum atomic E-state index is 6.26. The molecule has 3 aliphatic rings. The first kappa shape index (κ1) is 12.0. The van der Waals surface area contributed by atoms with Gasteiger partial charge in [-0.3, -0.25) is 0 Å². The van der Waals surface area contributed by atoms with Crippen LogP contribution in [-0.4, -0.2) is 18.0 Å². The summed E-state index contributed by atoms with van der Waals surface area (Å²) in [6.45, 7) is 8.99. The molecule has 0 N–H and O–H groups in total. The van der Waals surface area contributed by atoms with Gasteiger partial charge in [0.05, 0.1) is 12.2 Å². The Labute approximate surface area is 105 Å². The van der Waals surface area contributed by atoms with Crippen molar-refractivity contribution in [3.05, 3.63) is 0 Å². The summed E-state index contributed by atoms with van der Waals surface area (Å²) in [6.07, 6.45) is 8.29. The van der Waals surface area contributed by atoms with Crippen molar-refractivity contribution in [2.45, 2.75) is 84.2 Å². The van der Waals surface area contributed by atoms with Crippen molar-refractivity contribution in [3.8, 4) is 0 Å². The average molecular weight is 238 g/mol. The topological polar surface area (TPSA) is 18.5 Å². The molecule has 1 saturated heterocycles. The maximum absolute atomic E-state index is 6.26. The SMILES string of the molecule is CCCCC12CCC3(O[C@@H](C)[C@H](C)O3)C1(C)C2. The number of fused-ring (bicyclic) bond motifs is 2. The van der Waals surface area contributed by atoms with Crippen molar-refractivity contribution in [3.63, 3.8) is 0 Å². The second-order valence-corrected chi connectivity index (χ2v) is 6.79. The van der Waals surface area contributed by atoms with Crippen molar-refractivity contribution >= 4 is 0 Å². The van der Waals surface area contributed by atoms with E-state index in [1.807, 2.05) is 0 Å². The van der Waals surface area contributed by atoms with Crippen molar-refractivity contribution in [1.82, 2.24) is 0 Å². The van der Waals surface area contributed by atoms with Gasteiger partial charge in [-0.05, 0) is 38.5 Å². The second-order valence-electron chi connectivity index (χ2n) is 6.79. The number of rotatable bonds is 3. The molecule has 0 aromatic rings. The molecule has 0 aromatic heterocycles. The highest BCUT2D eigenvalue weighted by molar-refractivity contribution is 5.24. The first-order valence-electron chi connectivity index (χ1n) is 7.34. The fraction of sp³-hybridized carbons (Fsp3) is 1.00. The summed E-state index contributed by atoms with van der Waals surface area (Å²) in [6, 6.07) is 0. The molecular weight excluding hydrogens is 212 g/mol. The van der Waals surface area contributed by atoms with Crippen LogP contribution in [0.2, 0.25) is 0 Å². The van der Waals surface area contributed by atoms with E-state index in [0.717, 1.165) is 6.42 Å². The van der Waals surface area contributed by atoms with Gasteiger partial charge in [0.15, 0.2) is 5.79 Å². The normalized spacial score (nSPS) is 50.8.